The molecule has 0 fully saturated rings. The van der Waals surface area contributed by atoms with Crippen molar-refractivity contribution in [3.05, 3.63) is 22.4 Å². The van der Waals surface area contributed by atoms with E-state index in [1.807, 2.05) is 31.4 Å². The minimum Gasteiger partial charge on any atom is -0.383 e. The van der Waals surface area contributed by atoms with Gasteiger partial charge in [-0.15, -0.1) is 11.3 Å². The molecule has 0 saturated carbocycles. The third-order valence-electron chi connectivity index (χ3n) is 2.21. The highest BCUT2D eigenvalue weighted by molar-refractivity contribution is 7.10. The Kier molecular flexibility index (Phi) is 2.88. The van der Waals surface area contributed by atoms with Crippen LogP contribution in [0.4, 0.5) is 0 Å². The van der Waals surface area contributed by atoms with Crippen LogP contribution in [0.3, 0.4) is 0 Å². The average molecular weight is 185 g/mol. The molecule has 1 atom stereocenters. The summed E-state index contributed by atoms with van der Waals surface area (Å²) in [6.07, 6.45) is 0. The predicted octanol–water partition coefficient (Wildman–Crippen LogP) is 1.55. The first-order valence-electron chi connectivity index (χ1n) is 4.07. The van der Waals surface area contributed by atoms with E-state index in [4.69, 9.17) is 5.73 Å². The van der Waals surface area contributed by atoms with E-state index in [0.29, 0.717) is 0 Å². The van der Waals surface area contributed by atoms with Gasteiger partial charge >= 0.3 is 0 Å². The van der Waals surface area contributed by atoms with E-state index >= 15 is 0 Å². The zero-order valence-electron chi connectivity index (χ0n) is 7.45. The fourth-order valence-electron chi connectivity index (χ4n) is 1.15. The molecule has 0 aliphatic heterocycles. The van der Waals surface area contributed by atoms with Gasteiger partial charge in [-0.2, -0.15) is 0 Å². The second-order valence-electron chi connectivity index (χ2n) is 3.26. The molecule has 12 heavy (non-hydrogen) atoms. The molecule has 0 aliphatic rings. The third kappa shape index (κ3) is 1.53. The molecule has 3 N–H and O–H groups in total. The Morgan fingerprint density at radius 3 is 2.67 bits per heavy atom. The highest BCUT2D eigenvalue weighted by Crippen LogP contribution is 2.31. The van der Waals surface area contributed by atoms with E-state index in [1.54, 1.807) is 11.3 Å². The van der Waals surface area contributed by atoms with Crippen molar-refractivity contribution in [3.8, 4) is 0 Å². The zero-order chi connectivity index (χ0) is 9.19. The Labute approximate surface area is 77.0 Å². The molecule has 0 aliphatic carbocycles. The Morgan fingerprint density at radius 1 is 1.67 bits per heavy atom. The van der Waals surface area contributed by atoms with Gasteiger partial charge < -0.3 is 10.8 Å². The van der Waals surface area contributed by atoms with Crippen LogP contribution in [0.1, 0.15) is 18.7 Å². The molecule has 0 aromatic carbocycles. The normalized spacial score (nSPS) is 16.4. The lowest BCUT2D eigenvalue weighted by Crippen LogP contribution is -2.39. The van der Waals surface area contributed by atoms with Crippen LogP contribution < -0.4 is 5.73 Å². The SMILES string of the molecule is CC(C)C(O)(CN)c1cccs1. The Hall–Kier alpha value is -0.380. The van der Waals surface area contributed by atoms with Crippen LogP contribution in [0.25, 0.3) is 0 Å². The van der Waals surface area contributed by atoms with Gasteiger partial charge in [-0.1, -0.05) is 19.9 Å². The minimum atomic E-state index is -0.839. The second kappa shape index (κ2) is 3.56. The molecule has 0 spiro atoms. The number of thiophene rings is 1. The number of nitrogens with two attached hydrogens (primary N) is 1. The van der Waals surface area contributed by atoms with E-state index < -0.39 is 5.60 Å². The van der Waals surface area contributed by atoms with Gasteiger partial charge in [0.2, 0.25) is 0 Å². The quantitative estimate of drug-likeness (QED) is 0.750. The molecule has 1 aromatic heterocycles. The van der Waals surface area contributed by atoms with Crippen molar-refractivity contribution in [2.45, 2.75) is 19.4 Å². The third-order valence-corrected chi connectivity index (χ3v) is 3.25. The number of hydrogen-bond acceptors (Lipinski definition) is 3. The summed E-state index contributed by atoms with van der Waals surface area (Å²) in [6.45, 7) is 4.24. The van der Waals surface area contributed by atoms with Crippen LogP contribution in [0.2, 0.25) is 0 Å². The largest absolute Gasteiger partial charge is 0.383 e. The van der Waals surface area contributed by atoms with Crippen LogP contribution in [-0.4, -0.2) is 11.7 Å². The highest BCUT2D eigenvalue weighted by Gasteiger charge is 2.32. The van der Waals surface area contributed by atoms with Gasteiger partial charge in [0, 0.05) is 11.4 Å². The predicted molar refractivity (Wildman–Crippen MR) is 52.1 cm³/mol. The molecule has 1 aromatic rings. The summed E-state index contributed by atoms with van der Waals surface area (Å²) in [6, 6.07) is 3.86. The Bertz CT molecular complexity index is 233. The van der Waals surface area contributed by atoms with E-state index in [1.165, 1.54) is 0 Å². The molecule has 1 unspecified atom stereocenters. The van der Waals surface area contributed by atoms with Crippen molar-refractivity contribution in [3.63, 3.8) is 0 Å². The van der Waals surface area contributed by atoms with Crippen molar-refractivity contribution in [2.75, 3.05) is 6.54 Å². The molecular formula is C9H15NOS. The number of aliphatic hydroxyl groups is 1. The fraction of sp³-hybridized carbons (Fsp3) is 0.556. The van der Waals surface area contributed by atoms with Gasteiger partial charge in [-0.25, -0.2) is 0 Å². The minimum absolute atomic E-state index is 0.154. The maximum absolute atomic E-state index is 10.1. The maximum Gasteiger partial charge on any atom is 0.113 e. The summed E-state index contributed by atoms with van der Waals surface area (Å²) in [5.41, 5.74) is 4.72. The molecule has 1 rings (SSSR count). The summed E-state index contributed by atoms with van der Waals surface area (Å²) in [7, 11) is 0. The van der Waals surface area contributed by atoms with Crippen molar-refractivity contribution < 1.29 is 5.11 Å². The topological polar surface area (TPSA) is 46.2 Å². The smallest absolute Gasteiger partial charge is 0.113 e. The van der Waals surface area contributed by atoms with Gasteiger partial charge in [0.25, 0.3) is 0 Å². The maximum atomic E-state index is 10.1. The van der Waals surface area contributed by atoms with Gasteiger partial charge in [0.15, 0.2) is 0 Å². The number of hydrogen-bond donors (Lipinski definition) is 2. The van der Waals surface area contributed by atoms with Gasteiger partial charge in [0.1, 0.15) is 5.60 Å². The lowest BCUT2D eigenvalue weighted by atomic mass is 9.89. The van der Waals surface area contributed by atoms with E-state index in [0.717, 1.165) is 4.88 Å². The van der Waals surface area contributed by atoms with E-state index in [2.05, 4.69) is 0 Å². The first-order chi connectivity index (χ1) is 5.61. The molecular weight excluding hydrogens is 170 g/mol. The van der Waals surface area contributed by atoms with Crippen molar-refractivity contribution in [1.29, 1.82) is 0 Å². The molecule has 0 radical (unpaired) electrons. The van der Waals surface area contributed by atoms with Gasteiger partial charge in [-0.05, 0) is 17.4 Å². The van der Waals surface area contributed by atoms with Crippen molar-refractivity contribution in [2.24, 2.45) is 11.7 Å². The van der Waals surface area contributed by atoms with Gasteiger partial charge in [-0.3, -0.25) is 0 Å². The standard InChI is InChI=1S/C9H15NOS/c1-7(2)9(11,6-10)8-4-3-5-12-8/h3-5,7,11H,6,10H2,1-2H3. The molecule has 2 nitrogen and oxygen atoms in total. The van der Waals surface area contributed by atoms with Crippen LogP contribution in [0.15, 0.2) is 17.5 Å². The van der Waals surface area contributed by atoms with Crippen molar-refractivity contribution in [1.82, 2.24) is 0 Å². The summed E-state index contributed by atoms with van der Waals surface area (Å²) in [4.78, 5) is 0.958. The first-order valence-corrected chi connectivity index (χ1v) is 4.95. The summed E-state index contributed by atoms with van der Waals surface area (Å²) in [5, 5.41) is 12.1. The molecule has 1 heterocycles. The Balaban J connectivity index is 2.96. The van der Waals surface area contributed by atoms with E-state index in [-0.39, 0.29) is 12.5 Å². The number of rotatable bonds is 3. The van der Waals surface area contributed by atoms with Crippen LogP contribution in [0.5, 0.6) is 0 Å². The summed E-state index contributed by atoms with van der Waals surface area (Å²) >= 11 is 1.55. The van der Waals surface area contributed by atoms with Crippen LogP contribution in [-0.2, 0) is 5.60 Å². The monoisotopic (exact) mass is 185 g/mol. The van der Waals surface area contributed by atoms with E-state index in [9.17, 15) is 5.11 Å². The lowest BCUT2D eigenvalue weighted by Gasteiger charge is -2.29. The second-order valence-corrected chi connectivity index (χ2v) is 4.21. The first kappa shape index (κ1) is 9.71. The fourth-order valence-corrected chi connectivity index (χ4v) is 2.13. The molecule has 0 amide bonds. The summed E-state index contributed by atoms with van der Waals surface area (Å²) in [5.74, 6) is 0.154. The van der Waals surface area contributed by atoms with Crippen LogP contribution >= 0.6 is 11.3 Å². The molecule has 3 heteroatoms. The van der Waals surface area contributed by atoms with Gasteiger partial charge in [0.05, 0.1) is 0 Å². The van der Waals surface area contributed by atoms with Crippen molar-refractivity contribution >= 4 is 11.3 Å². The molecule has 68 valence electrons. The highest BCUT2D eigenvalue weighted by atomic mass is 32.1. The molecule has 0 bridgehead atoms. The van der Waals surface area contributed by atoms with Crippen LogP contribution in [0, 0.1) is 5.92 Å². The average Bonchev–Trinajstić information content (AvgIpc) is 2.54. The molecule has 0 saturated heterocycles. The summed E-state index contributed by atoms with van der Waals surface area (Å²) < 4.78 is 0. The lowest BCUT2D eigenvalue weighted by molar-refractivity contribution is 0.00239. The Morgan fingerprint density at radius 2 is 2.33 bits per heavy atom. The zero-order valence-corrected chi connectivity index (χ0v) is 8.27.